The predicted molar refractivity (Wildman–Crippen MR) is 145 cm³/mol. The summed E-state index contributed by atoms with van der Waals surface area (Å²) in [6.45, 7) is 19.0. The van der Waals surface area contributed by atoms with E-state index in [2.05, 4.69) is 101 Å². The second kappa shape index (κ2) is 8.53. The SMILES string of the molecule is C=CCOc1c(C[Si](C)(C)c2cccc3c2Cc2ccccc2-3)cc(C)cc1[Si](C)(C)C. The van der Waals surface area contributed by atoms with Crippen LogP contribution in [-0.4, -0.2) is 22.8 Å². The second-order valence-electron chi connectivity index (χ2n) is 10.9. The first-order chi connectivity index (χ1) is 15.1. The molecule has 166 valence electrons. The zero-order chi connectivity index (χ0) is 23.1. The Morgan fingerprint density at radius 3 is 2.34 bits per heavy atom. The number of hydrogen-bond acceptors (Lipinski definition) is 1. The van der Waals surface area contributed by atoms with Crippen LogP contribution in [0.5, 0.6) is 5.75 Å². The molecular formula is C29H36OSi2. The molecular weight excluding hydrogens is 420 g/mol. The molecule has 0 heterocycles. The van der Waals surface area contributed by atoms with Crippen molar-refractivity contribution in [1.82, 2.24) is 0 Å². The minimum absolute atomic E-state index is 0.561. The van der Waals surface area contributed by atoms with Gasteiger partial charge in [0, 0.05) is 0 Å². The molecule has 0 spiro atoms. The molecule has 0 unspecified atom stereocenters. The van der Waals surface area contributed by atoms with Crippen molar-refractivity contribution in [3.63, 3.8) is 0 Å². The van der Waals surface area contributed by atoms with Crippen LogP contribution in [0.2, 0.25) is 32.7 Å². The molecule has 0 radical (unpaired) electrons. The van der Waals surface area contributed by atoms with E-state index in [1.165, 1.54) is 33.0 Å². The van der Waals surface area contributed by atoms with Crippen LogP contribution in [0.3, 0.4) is 0 Å². The highest BCUT2D eigenvalue weighted by atomic mass is 28.3. The third kappa shape index (κ3) is 4.29. The summed E-state index contributed by atoms with van der Waals surface area (Å²) in [6, 6.07) is 21.7. The summed E-state index contributed by atoms with van der Waals surface area (Å²) in [6.07, 6.45) is 2.92. The lowest BCUT2D eigenvalue weighted by Gasteiger charge is -2.30. The van der Waals surface area contributed by atoms with Crippen molar-refractivity contribution in [2.75, 3.05) is 6.61 Å². The molecule has 0 amide bonds. The van der Waals surface area contributed by atoms with Gasteiger partial charge < -0.3 is 4.74 Å². The van der Waals surface area contributed by atoms with E-state index in [0.717, 1.165) is 18.2 Å². The van der Waals surface area contributed by atoms with Crippen LogP contribution >= 0.6 is 0 Å². The molecule has 0 saturated heterocycles. The molecule has 0 aromatic heterocycles. The number of aryl methyl sites for hydroxylation is 1. The summed E-state index contributed by atoms with van der Waals surface area (Å²) in [5.41, 5.74) is 8.60. The lowest BCUT2D eigenvalue weighted by molar-refractivity contribution is 0.363. The van der Waals surface area contributed by atoms with Crippen LogP contribution < -0.4 is 15.1 Å². The number of hydrogen-bond donors (Lipinski definition) is 0. The van der Waals surface area contributed by atoms with Crippen LogP contribution in [0.25, 0.3) is 11.1 Å². The molecule has 0 aliphatic heterocycles. The molecule has 32 heavy (non-hydrogen) atoms. The Kier molecular flexibility index (Phi) is 6.08. The van der Waals surface area contributed by atoms with Crippen molar-refractivity contribution in [3.8, 4) is 16.9 Å². The van der Waals surface area contributed by atoms with Gasteiger partial charge in [0.15, 0.2) is 0 Å². The van der Waals surface area contributed by atoms with Gasteiger partial charge in [-0.3, -0.25) is 0 Å². The molecule has 3 aromatic rings. The van der Waals surface area contributed by atoms with Crippen molar-refractivity contribution in [3.05, 3.63) is 89.5 Å². The normalized spacial score (nSPS) is 12.9. The fourth-order valence-electron chi connectivity index (χ4n) is 5.21. The van der Waals surface area contributed by atoms with E-state index >= 15 is 0 Å². The fraction of sp³-hybridized carbons (Fsp3) is 0.310. The monoisotopic (exact) mass is 456 g/mol. The minimum Gasteiger partial charge on any atom is -0.489 e. The van der Waals surface area contributed by atoms with E-state index in [0.29, 0.717) is 6.61 Å². The van der Waals surface area contributed by atoms with Gasteiger partial charge in [0.05, 0.1) is 16.1 Å². The summed E-state index contributed by atoms with van der Waals surface area (Å²) in [5, 5.41) is 3.03. The van der Waals surface area contributed by atoms with Crippen molar-refractivity contribution in [1.29, 1.82) is 0 Å². The van der Waals surface area contributed by atoms with Gasteiger partial charge in [0.2, 0.25) is 0 Å². The second-order valence-corrected chi connectivity index (χ2v) is 20.6. The maximum absolute atomic E-state index is 6.36. The molecule has 4 rings (SSSR count). The Bertz CT molecular complexity index is 1170. The van der Waals surface area contributed by atoms with Crippen LogP contribution in [-0.2, 0) is 12.5 Å². The van der Waals surface area contributed by atoms with Gasteiger partial charge in [-0.2, -0.15) is 0 Å². The highest BCUT2D eigenvalue weighted by Gasteiger charge is 2.33. The lowest BCUT2D eigenvalue weighted by atomic mass is 10.1. The summed E-state index contributed by atoms with van der Waals surface area (Å²) >= 11 is 0. The average molecular weight is 457 g/mol. The Balaban J connectivity index is 1.78. The standard InChI is InChI=1S/C29H36OSi2/c1-8-16-30-29-23(17-21(2)18-28(29)31(3,4)5)20-32(6,7)27-15-11-14-25-24-13-10-9-12-22(24)19-26(25)27/h8-15,17-18H,1,16,19-20H2,2-7H3. The van der Waals surface area contributed by atoms with Crippen LogP contribution in [0.4, 0.5) is 0 Å². The zero-order valence-corrected chi connectivity index (χ0v) is 22.5. The van der Waals surface area contributed by atoms with Gasteiger partial charge in [0.25, 0.3) is 0 Å². The van der Waals surface area contributed by atoms with E-state index in [9.17, 15) is 0 Å². The van der Waals surface area contributed by atoms with Gasteiger partial charge in [-0.05, 0) is 52.4 Å². The van der Waals surface area contributed by atoms with Gasteiger partial charge in [-0.25, -0.2) is 0 Å². The molecule has 1 nitrogen and oxygen atoms in total. The number of fused-ring (bicyclic) bond motifs is 3. The molecule has 1 aliphatic carbocycles. The number of rotatable bonds is 7. The summed E-state index contributed by atoms with van der Waals surface area (Å²) in [7, 11) is -3.33. The fourth-order valence-corrected chi connectivity index (χ4v) is 9.78. The summed E-state index contributed by atoms with van der Waals surface area (Å²) in [4.78, 5) is 0. The smallest absolute Gasteiger partial charge is 0.121 e. The topological polar surface area (TPSA) is 9.23 Å². The van der Waals surface area contributed by atoms with Crippen molar-refractivity contribution < 1.29 is 4.74 Å². The predicted octanol–water partition coefficient (Wildman–Crippen LogP) is 6.37. The van der Waals surface area contributed by atoms with Crippen molar-refractivity contribution >= 4 is 26.5 Å². The van der Waals surface area contributed by atoms with Gasteiger partial charge in [-0.15, -0.1) is 0 Å². The lowest BCUT2D eigenvalue weighted by Crippen LogP contribution is -2.47. The van der Waals surface area contributed by atoms with E-state index in [1.807, 2.05) is 6.08 Å². The Hall–Kier alpha value is -2.37. The first-order valence-corrected chi connectivity index (χ1v) is 18.4. The highest BCUT2D eigenvalue weighted by Crippen LogP contribution is 2.37. The van der Waals surface area contributed by atoms with Gasteiger partial charge in [-0.1, -0.05) is 111 Å². The van der Waals surface area contributed by atoms with E-state index in [-0.39, 0.29) is 0 Å². The van der Waals surface area contributed by atoms with E-state index < -0.39 is 16.1 Å². The molecule has 0 N–H and O–H groups in total. The Morgan fingerprint density at radius 1 is 0.906 bits per heavy atom. The summed E-state index contributed by atoms with van der Waals surface area (Å²) in [5.74, 6) is 1.13. The molecule has 0 bridgehead atoms. The van der Waals surface area contributed by atoms with Crippen molar-refractivity contribution in [2.45, 2.75) is 52.1 Å². The third-order valence-corrected chi connectivity index (χ3v) is 11.9. The average Bonchev–Trinajstić information content (AvgIpc) is 3.10. The van der Waals surface area contributed by atoms with Gasteiger partial charge in [0.1, 0.15) is 12.4 Å². The maximum atomic E-state index is 6.36. The van der Waals surface area contributed by atoms with Gasteiger partial charge >= 0.3 is 0 Å². The molecule has 0 atom stereocenters. The quantitative estimate of drug-likeness (QED) is 0.232. The summed E-state index contributed by atoms with van der Waals surface area (Å²) < 4.78 is 6.36. The van der Waals surface area contributed by atoms with E-state index in [1.54, 1.807) is 10.8 Å². The number of ether oxygens (including phenoxy) is 1. The maximum Gasteiger partial charge on any atom is 0.121 e. The molecule has 3 heteroatoms. The molecule has 1 aliphatic rings. The van der Waals surface area contributed by atoms with Crippen LogP contribution in [0.15, 0.2) is 67.3 Å². The first kappa shape index (κ1) is 22.8. The number of benzene rings is 3. The van der Waals surface area contributed by atoms with E-state index in [4.69, 9.17) is 4.74 Å². The minimum atomic E-state index is -1.78. The molecule has 0 saturated carbocycles. The van der Waals surface area contributed by atoms with Crippen molar-refractivity contribution in [2.24, 2.45) is 0 Å². The Labute approximate surface area is 196 Å². The Morgan fingerprint density at radius 2 is 1.62 bits per heavy atom. The third-order valence-electron chi connectivity index (χ3n) is 6.68. The van der Waals surface area contributed by atoms with Crippen LogP contribution in [0.1, 0.15) is 22.3 Å². The van der Waals surface area contributed by atoms with Crippen LogP contribution in [0, 0.1) is 6.92 Å². The molecule has 0 fully saturated rings. The highest BCUT2D eigenvalue weighted by molar-refractivity contribution is 6.90. The first-order valence-electron chi connectivity index (χ1n) is 11.7. The zero-order valence-electron chi connectivity index (χ0n) is 20.5. The largest absolute Gasteiger partial charge is 0.489 e. The molecule has 3 aromatic carbocycles.